The van der Waals surface area contributed by atoms with E-state index in [4.69, 9.17) is 10.5 Å². The highest BCUT2D eigenvalue weighted by atomic mass is 16.5. The van der Waals surface area contributed by atoms with Gasteiger partial charge in [-0.2, -0.15) is 4.98 Å². The maximum atomic E-state index is 6.38. The smallest absolute Gasteiger partial charge is 0.248 e. The predicted octanol–water partition coefficient (Wildman–Crippen LogP) is 3.53. The quantitative estimate of drug-likeness (QED) is 0.765. The van der Waals surface area contributed by atoms with Crippen LogP contribution in [0.25, 0.3) is 10.8 Å². The average molecular weight is 363 g/mol. The van der Waals surface area contributed by atoms with E-state index in [0.717, 1.165) is 37.1 Å². The van der Waals surface area contributed by atoms with Gasteiger partial charge >= 0.3 is 0 Å². The number of nitrogens with zero attached hydrogens (tertiary/aromatic N) is 4. The van der Waals surface area contributed by atoms with Crippen molar-refractivity contribution in [3.05, 3.63) is 48.8 Å². The number of aromatic nitrogens is 2. The lowest BCUT2D eigenvalue weighted by Gasteiger charge is -2.36. The first kappa shape index (κ1) is 17.5. The van der Waals surface area contributed by atoms with E-state index < -0.39 is 0 Å². The standard InChI is InChI=1S/C21H25N5O/c1-25-11-9-17(10-12-25)26(2)20-19(22)21(24-14-23-20)27-18-8-7-15-5-3-4-6-16(15)13-18/h3-8,13-14,17H,9-12,22H2,1-2H3. The van der Waals surface area contributed by atoms with Gasteiger partial charge in [-0.15, -0.1) is 0 Å². The molecular weight excluding hydrogens is 338 g/mol. The molecule has 1 aliphatic heterocycles. The third-order valence-electron chi connectivity index (χ3n) is 5.33. The summed E-state index contributed by atoms with van der Waals surface area (Å²) in [5, 5.41) is 2.29. The fourth-order valence-corrected chi connectivity index (χ4v) is 3.63. The maximum Gasteiger partial charge on any atom is 0.248 e. The van der Waals surface area contributed by atoms with Crippen molar-refractivity contribution in [3.8, 4) is 11.6 Å². The van der Waals surface area contributed by atoms with Crippen LogP contribution in [0.3, 0.4) is 0 Å². The monoisotopic (exact) mass is 363 g/mol. The minimum atomic E-state index is 0.398. The molecule has 140 valence electrons. The SMILES string of the molecule is CN1CCC(N(C)c2ncnc(Oc3ccc4ccccc4c3)c2N)CC1. The maximum absolute atomic E-state index is 6.38. The Labute approximate surface area is 159 Å². The van der Waals surface area contributed by atoms with Crippen LogP contribution in [0.1, 0.15) is 12.8 Å². The number of hydrogen-bond acceptors (Lipinski definition) is 6. The van der Waals surface area contributed by atoms with Gasteiger partial charge in [-0.3, -0.25) is 0 Å². The number of rotatable bonds is 4. The number of piperidine rings is 1. The van der Waals surface area contributed by atoms with E-state index in [1.807, 2.05) is 30.3 Å². The molecule has 2 heterocycles. The van der Waals surface area contributed by atoms with Crippen molar-refractivity contribution >= 4 is 22.3 Å². The number of nitrogen functional groups attached to an aromatic ring is 1. The first-order chi connectivity index (χ1) is 13.1. The Kier molecular flexibility index (Phi) is 4.81. The molecule has 1 saturated heterocycles. The average Bonchev–Trinajstić information content (AvgIpc) is 2.69. The second-order valence-electron chi connectivity index (χ2n) is 7.17. The van der Waals surface area contributed by atoms with Crippen LogP contribution in [0.2, 0.25) is 0 Å². The van der Waals surface area contributed by atoms with E-state index in [2.05, 4.69) is 46.0 Å². The van der Waals surface area contributed by atoms with Crippen molar-refractivity contribution in [2.24, 2.45) is 0 Å². The summed E-state index contributed by atoms with van der Waals surface area (Å²) < 4.78 is 6.00. The van der Waals surface area contributed by atoms with Crippen LogP contribution in [0.5, 0.6) is 11.6 Å². The van der Waals surface area contributed by atoms with Crippen LogP contribution in [-0.4, -0.2) is 48.1 Å². The number of nitrogens with two attached hydrogens (primary N) is 1. The molecule has 0 aliphatic carbocycles. The molecule has 6 nitrogen and oxygen atoms in total. The van der Waals surface area contributed by atoms with Gasteiger partial charge in [-0.1, -0.05) is 30.3 Å². The van der Waals surface area contributed by atoms with Gasteiger partial charge in [0.1, 0.15) is 17.8 Å². The summed E-state index contributed by atoms with van der Waals surface area (Å²) in [6.45, 7) is 2.17. The van der Waals surface area contributed by atoms with Gasteiger partial charge < -0.3 is 20.3 Å². The summed E-state index contributed by atoms with van der Waals surface area (Å²) >= 11 is 0. The van der Waals surface area contributed by atoms with E-state index in [1.165, 1.54) is 11.7 Å². The minimum Gasteiger partial charge on any atom is -0.437 e. The highest BCUT2D eigenvalue weighted by Crippen LogP contribution is 2.33. The molecule has 0 bridgehead atoms. The molecular formula is C21H25N5O. The first-order valence-corrected chi connectivity index (χ1v) is 9.30. The van der Waals surface area contributed by atoms with Gasteiger partial charge in [-0.25, -0.2) is 4.98 Å². The number of fused-ring (bicyclic) bond motifs is 1. The van der Waals surface area contributed by atoms with Crippen molar-refractivity contribution in [3.63, 3.8) is 0 Å². The predicted molar refractivity (Wildman–Crippen MR) is 109 cm³/mol. The molecule has 4 rings (SSSR count). The van der Waals surface area contributed by atoms with Gasteiger partial charge in [0.05, 0.1) is 0 Å². The number of benzene rings is 2. The van der Waals surface area contributed by atoms with Crippen LogP contribution < -0.4 is 15.4 Å². The second kappa shape index (κ2) is 7.40. The Morgan fingerprint density at radius 3 is 2.59 bits per heavy atom. The fraction of sp³-hybridized carbons (Fsp3) is 0.333. The van der Waals surface area contributed by atoms with Crippen molar-refractivity contribution in [1.29, 1.82) is 0 Å². The number of ether oxygens (including phenoxy) is 1. The van der Waals surface area contributed by atoms with Crippen LogP contribution >= 0.6 is 0 Å². The summed E-state index contributed by atoms with van der Waals surface area (Å²) in [6.07, 6.45) is 3.71. The van der Waals surface area contributed by atoms with Gasteiger partial charge in [-0.05, 0) is 55.9 Å². The molecule has 0 saturated carbocycles. The molecule has 6 heteroatoms. The lowest BCUT2D eigenvalue weighted by atomic mass is 10.0. The van der Waals surface area contributed by atoms with E-state index in [-0.39, 0.29) is 0 Å². The molecule has 27 heavy (non-hydrogen) atoms. The van der Waals surface area contributed by atoms with Gasteiger partial charge in [0.2, 0.25) is 5.88 Å². The van der Waals surface area contributed by atoms with E-state index >= 15 is 0 Å². The van der Waals surface area contributed by atoms with E-state index in [0.29, 0.717) is 23.4 Å². The largest absolute Gasteiger partial charge is 0.437 e. The van der Waals surface area contributed by atoms with E-state index in [1.54, 1.807) is 0 Å². The third kappa shape index (κ3) is 3.66. The van der Waals surface area contributed by atoms with Gasteiger partial charge in [0.25, 0.3) is 0 Å². The first-order valence-electron chi connectivity index (χ1n) is 9.30. The lowest BCUT2D eigenvalue weighted by Crippen LogP contribution is -2.42. The topological polar surface area (TPSA) is 67.5 Å². The van der Waals surface area contributed by atoms with Gasteiger partial charge in [0, 0.05) is 13.1 Å². The molecule has 2 N–H and O–H groups in total. The fourth-order valence-electron chi connectivity index (χ4n) is 3.63. The Bertz CT molecular complexity index is 937. The molecule has 0 atom stereocenters. The van der Waals surface area contributed by atoms with Crippen molar-refractivity contribution in [2.75, 3.05) is 37.8 Å². The summed E-state index contributed by atoms with van der Waals surface area (Å²) in [6, 6.07) is 14.6. The van der Waals surface area contributed by atoms with E-state index in [9.17, 15) is 0 Å². The summed E-state index contributed by atoms with van der Waals surface area (Å²) in [5.74, 6) is 1.84. The highest BCUT2D eigenvalue weighted by Gasteiger charge is 2.24. The summed E-state index contributed by atoms with van der Waals surface area (Å²) in [7, 11) is 4.21. The Hall–Kier alpha value is -2.86. The molecule has 0 amide bonds. The molecule has 3 aromatic rings. The number of hydrogen-bond donors (Lipinski definition) is 1. The highest BCUT2D eigenvalue weighted by molar-refractivity contribution is 5.83. The zero-order valence-electron chi connectivity index (χ0n) is 15.8. The molecule has 1 fully saturated rings. The molecule has 2 aromatic carbocycles. The van der Waals surface area contributed by atoms with Crippen LogP contribution in [0.4, 0.5) is 11.5 Å². The van der Waals surface area contributed by atoms with Crippen LogP contribution in [-0.2, 0) is 0 Å². The van der Waals surface area contributed by atoms with Crippen molar-refractivity contribution in [1.82, 2.24) is 14.9 Å². The minimum absolute atomic E-state index is 0.398. The lowest BCUT2D eigenvalue weighted by molar-refractivity contribution is 0.252. The normalized spacial score (nSPS) is 15.8. The number of anilines is 2. The summed E-state index contributed by atoms with van der Waals surface area (Å²) in [5.41, 5.74) is 6.86. The molecule has 0 spiro atoms. The molecule has 0 unspecified atom stereocenters. The third-order valence-corrected chi connectivity index (χ3v) is 5.33. The Morgan fingerprint density at radius 2 is 1.81 bits per heavy atom. The van der Waals surface area contributed by atoms with Crippen molar-refractivity contribution < 1.29 is 4.74 Å². The van der Waals surface area contributed by atoms with Crippen LogP contribution in [0.15, 0.2) is 48.8 Å². The summed E-state index contributed by atoms with van der Waals surface area (Å²) in [4.78, 5) is 13.2. The number of likely N-dealkylation sites (tertiary alicyclic amines) is 1. The van der Waals surface area contributed by atoms with Crippen LogP contribution in [0, 0.1) is 0 Å². The second-order valence-corrected chi connectivity index (χ2v) is 7.17. The van der Waals surface area contributed by atoms with Crippen molar-refractivity contribution in [2.45, 2.75) is 18.9 Å². The zero-order valence-corrected chi connectivity index (χ0v) is 15.8. The molecule has 1 aliphatic rings. The Morgan fingerprint density at radius 1 is 1.07 bits per heavy atom. The van der Waals surface area contributed by atoms with Gasteiger partial charge in [0.15, 0.2) is 5.82 Å². The molecule has 1 aromatic heterocycles. The molecule has 0 radical (unpaired) electrons. The zero-order chi connectivity index (χ0) is 18.8. The Balaban J connectivity index is 1.57.